The standard InChI is InChI=1S/C13H17N3/c1-2-11-5-4-8-16(10-11)13-7-3-6-12(9-14)15-13/h3,6-7,11H,2,4-5,8,10H2,1H3. The molecule has 0 saturated carbocycles. The Labute approximate surface area is 96.7 Å². The van der Waals surface area contributed by atoms with Gasteiger partial charge in [0.05, 0.1) is 0 Å². The van der Waals surface area contributed by atoms with Gasteiger partial charge < -0.3 is 4.90 Å². The van der Waals surface area contributed by atoms with E-state index in [9.17, 15) is 0 Å². The lowest BCUT2D eigenvalue weighted by Gasteiger charge is -2.33. The average molecular weight is 215 g/mol. The Hall–Kier alpha value is -1.56. The molecule has 1 aliphatic rings. The van der Waals surface area contributed by atoms with Crippen LogP contribution in [0.5, 0.6) is 0 Å². The van der Waals surface area contributed by atoms with E-state index in [0.717, 1.165) is 24.8 Å². The van der Waals surface area contributed by atoms with Gasteiger partial charge in [0, 0.05) is 13.1 Å². The molecule has 0 spiro atoms. The minimum atomic E-state index is 0.510. The van der Waals surface area contributed by atoms with Crippen molar-refractivity contribution in [2.24, 2.45) is 5.92 Å². The molecule has 3 heteroatoms. The summed E-state index contributed by atoms with van der Waals surface area (Å²) in [6.45, 7) is 4.39. The van der Waals surface area contributed by atoms with Crippen molar-refractivity contribution in [1.29, 1.82) is 5.26 Å². The molecule has 1 aromatic rings. The fourth-order valence-corrected chi connectivity index (χ4v) is 2.27. The van der Waals surface area contributed by atoms with Gasteiger partial charge >= 0.3 is 0 Å². The largest absolute Gasteiger partial charge is 0.356 e. The molecule has 84 valence electrons. The zero-order chi connectivity index (χ0) is 11.4. The first-order chi connectivity index (χ1) is 7.83. The monoisotopic (exact) mass is 215 g/mol. The van der Waals surface area contributed by atoms with E-state index in [1.165, 1.54) is 19.3 Å². The fraction of sp³-hybridized carbons (Fsp3) is 0.538. The summed E-state index contributed by atoms with van der Waals surface area (Å²) < 4.78 is 0. The molecule has 0 N–H and O–H groups in total. The fourth-order valence-electron chi connectivity index (χ4n) is 2.27. The third-order valence-electron chi connectivity index (χ3n) is 3.27. The van der Waals surface area contributed by atoms with Crippen LogP contribution >= 0.6 is 0 Å². The Kier molecular flexibility index (Phi) is 3.40. The molecule has 2 heterocycles. The number of aromatic nitrogens is 1. The summed E-state index contributed by atoms with van der Waals surface area (Å²) in [5.74, 6) is 1.73. The number of rotatable bonds is 2. The van der Waals surface area contributed by atoms with Gasteiger partial charge in [-0.25, -0.2) is 4.98 Å². The summed E-state index contributed by atoms with van der Waals surface area (Å²) in [4.78, 5) is 6.65. The zero-order valence-corrected chi connectivity index (χ0v) is 9.69. The van der Waals surface area contributed by atoms with E-state index in [1.54, 1.807) is 6.07 Å². The molecule has 16 heavy (non-hydrogen) atoms. The average Bonchev–Trinajstić information content (AvgIpc) is 2.39. The number of pyridine rings is 1. The molecule has 0 radical (unpaired) electrons. The predicted octanol–water partition coefficient (Wildman–Crippen LogP) is 2.58. The molecule has 0 amide bonds. The third-order valence-corrected chi connectivity index (χ3v) is 3.27. The Bertz CT molecular complexity index is 394. The van der Waals surface area contributed by atoms with Crippen LogP contribution in [-0.2, 0) is 0 Å². The molecular formula is C13H17N3. The quantitative estimate of drug-likeness (QED) is 0.761. The second-order valence-corrected chi connectivity index (χ2v) is 4.36. The van der Waals surface area contributed by atoms with Gasteiger partial charge in [-0.3, -0.25) is 0 Å². The number of hydrogen-bond acceptors (Lipinski definition) is 3. The second kappa shape index (κ2) is 4.98. The first-order valence-electron chi connectivity index (χ1n) is 5.95. The van der Waals surface area contributed by atoms with Gasteiger partial charge in [-0.2, -0.15) is 5.26 Å². The van der Waals surface area contributed by atoms with Gasteiger partial charge in [0.1, 0.15) is 17.6 Å². The maximum atomic E-state index is 8.83. The molecular weight excluding hydrogens is 198 g/mol. The van der Waals surface area contributed by atoms with Crippen LogP contribution < -0.4 is 4.90 Å². The van der Waals surface area contributed by atoms with E-state index in [0.29, 0.717) is 5.69 Å². The van der Waals surface area contributed by atoms with E-state index in [-0.39, 0.29) is 0 Å². The maximum Gasteiger partial charge on any atom is 0.142 e. The molecule has 1 aromatic heterocycles. The van der Waals surface area contributed by atoms with Crippen LogP contribution in [0.3, 0.4) is 0 Å². The molecule has 3 nitrogen and oxygen atoms in total. The van der Waals surface area contributed by atoms with Crippen LogP contribution in [0.2, 0.25) is 0 Å². The molecule has 1 saturated heterocycles. The topological polar surface area (TPSA) is 39.9 Å². The minimum absolute atomic E-state index is 0.510. The van der Waals surface area contributed by atoms with Crippen molar-refractivity contribution >= 4 is 5.82 Å². The van der Waals surface area contributed by atoms with Crippen LogP contribution in [-0.4, -0.2) is 18.1 Å². The summed E-state index contributed by atoms with van der Waals surface area (Å²) in [7, 11) is 0. The van der Waals surface area contributed by atoms with Gasteiger partial charge in [-0.05, 0) is 30.9 Å². The van der Waals surface area contributed by atoms with Crippen molar-refractivity contribution in [2.45, 2.75) is 26.2 Å². The van der Waals surface area contributed by atoms with Crippen LogP contribution in [0.25, 0.3) is 0 Å². The van der Waals surface area contributed by atoms with Crippen molar-refractivity contribution < 1.29 is 0 Å². The summed E-state index contributed by atoms with van der Waals surface area (Å²) in [5.41, 5.74) is 0.510. The highest BCUT2D eigenvalue weighted by Gasteiger charge is 2.19. The lowest BCUT2D eigenvalue weighted by atomic mass is 9.96. The number of piperidine rings is 1. The van der Waals surface area contributed by atoms with Crippen molar-refractivity contribution in [2.75, 3.05) is 18.0 Å². The molecule has 1 unspecified atom stereocenters. The van der Waals surface area contributed by atoms with Gasteiger partial charge in [0.25, 0.3) is 0 Å². The van der Waals surface area contributed by atoms with Crippen molar-refractivity contribution in [1.82, 2.24) is 4.98 Å². The first-order valence-corrected chi connectivity index (χ1v) is 5.95. The molecule has 1 aliphatic heterocycles. The summed E-state index contributed by atoms with van der Waals surface area (Å²) in [6, 6.07) is 7.76. The molecule has 2 rings (SSSR count). The van der Waals surface area contributed by atoms with Crippen LogP contribution in [0.1, 0.15) is 31.9 Å². The second-order valence-electron chi connectivity index (χ2n) is 4.36. The smallest absolute Gasteiger partial charge is 0.142 e. The van der Waals surface area contributed by atoms with Crippen LogP contribution in [0, 0.1) is 17.2 Å². The SMILES string of the molecule is CCC1CCCN(c2cccc(C#N)n2)C1. The summed E-state index contributed by atoms with van der Waals surface area (Å²) in [6.07, 6.45) is 3.79. The van der Waals surface area contributed by atoms with E-state index >= 15 is 0 Å². The van der Waals surface area contributed by atoms with Gasteiger partial charge in [0.15, 0.2) is 0 Å². The normalized spacial score (nSPS) is 20.5. The van der Waals surface area contributed by atoms with Gasteiger partial charge in [0.2, 0.25) is 0 Å². The van der Waals surface area contributed by atoms with E-state index in [4.69, 9.17) is 5.26 Å². The Morgan fingerprint density at radius 3 is 3.19 bits per heavy atom. The molecule has 1 fully saturated rings. The van der Waals surface area contributed by atoms with Gasteiger partial charge in [-0.15, -0.1) is 0 Å². The highest BCUT2D eigenvalue weighted by atomic mass is 15.2. The lowest BCUT2D eigenvalue weighted by Crippen LogP contribution is -2.35. The highest BCUT2D eigenvalue weighted by Crippen LogP contribution is 2.23. The molecule has 0 bridgehead atoms. The number of nitrogens with zero attached hydrogens (tertiary/aromatic N) is 3. The van der Waals surface area contributed by atoms with E-state index in [1.807, 2.05) is 12.1 Å². The van der Waals surface area contributed by atoms with Crippen molar-refractivity contribution in [3.63, 3.8) is 0 Å². The van der Waals surface area contributed by atoms with Crippen molar-refractivity contribution in [3.8, 4) is 6.07 Å². The minimum Gasteiger partial charge on any atom is -0.356 e. The Balaban J connectivity index is 2.14. The van der Waals surface area contributed by atoms with Gasteiger partial charge in [-0.1, -0.05) is 19.4 Å². The Morgan fingerprint density at radius 1 is 1.56 bits per heavy atom. The highest BCUT2D eigenvalue weighted by molar-refractivity contribution is 5.41. The molecule has 1 atom stereocenters. The van der Waals surface area contributed by atoms with Crippen LogP contribution in [0.15, 0.2) is 18.2 Å². The molecule has 0 aliphatic carbocycles. The van der Waals surface area contributed by atoms with E-state index < -0.39 is 0 Å². The van der Waals surface area contributed by atoms with E-state index in [2.05, 4.69) is 22.9 Å². The first kappa shape index (κ1) is 10.9. The number of anilines is 1. The number of nitriles is 1. The summed E-state index contributed by atoms with van der Waals surface area (Å²) >= 11 is 0. The maximum absolute atomic E-state index is 8.83. The Morgan fingerprint density at radius 2 is 2.44 bits per heavy atom. The lowest BCUT2D eigenvalue weighted by molar-refractivity contribution is 0.403. The van der Waals surface area contributed by atoms with Crippen LogP contribution in [0.4, 0.5) is 5.82 Å². The number of hydrogen-bond donors (Lipinski definition) is 0. The molecule has 0 aromatic carbocycles. The zero-order valence-electron chi connectivity index (χ0n) is 9.69. The third kappa shape index (κ3) is 2.33. The summed E-state index contributed by atoms with van der Waals surface area (Å²) in [5, 5.41) is 8.83. The predicted molar refractivity (Wildman–Crippen MR) is 64.2 cm³/mol. The van der Waals surface area contributed by atoms with Crippen molar-refractivity contribution in [3.05, 3.63) is 23.9 Å².